The second-order valence-electron chi connectivity index (χ2n) is 7.25. The average Bonchev–Trinajstić information content (AvgIpc) is 3.17. The van der Waals surface area contributed by atoms with E-state index in [0.29, 0.717) is 12.5 Å². The van der Waals surface area contributed by atoms with Gasteiger partial charge in [0.1, 0.15) is 0 Å². The molecular weight excluding hydrogens is 332 g/mol. The van der Waals surface area contributed by atoms with Gasteiger partial charge in [0.05, 0.1) is 22.7 Å². The highest BCUT2D eigenvalue weighted by Gasteiger charge is 2.47. The van der Waals surface area contributed by atoms with Crippen LogP contribution in [0.2, 0.25) is 0 Å². The number of aryl methyl sites for hydroxylation is 1. The van der Waals surface area contributed by atoms with E-state index >= 15 is 0 Å². The molecule has 2 aromatic heterocycles. The molecule has 0 atom stereocenters. The van der Waals surface area contributed by atoms with E-state index in [1.165, 1.54) is 5.56 Å². The molecule has 0 aromatic carbocycles. The Morgan fingerprint density at radius 3 is 2.52 bits per heavy atom. The van der Waals surface area contributed by atoms with Gasteiger partial charge < -0.3 is 4.90 Å². The Balaban J connectivity index is 1.35. The molecule has 0 unspecified atom stereocenters. The molecule has 2 aromatic rings. The first-order valence-electron chi connectivity index (χ1n) is 8.96. The fraction of sp³-hybridized carbons (Fsp3) is 0.526. The summed E-state index contributed by atoms with van der Waals surface area (Å²) in [5, 5.41) is 3.14. The van der Waals surface area contributed by atoms with Crippen LogP contribution in [0, 0.1) is 12.3 Å². The number of carbonyl (C=O) groups is 1. The number of hydrogen-bond acceptors (Lipinski definition) is 5. The summed E-state index contributed by atoms with van der Waals surface area (Å²) in [7, 11) is 0. The summed E-state index contributed by atoms with van der Waals surface area (Å²) >= 11 is 1.66. The molecule has 1 spiro atoms. The number of amides is 1. The monoisotopic (exact) mass is 356 g/mol. The normalized spacial score (nSPS) is 20.5. The van der Waals surface area contributed by atoms with E-state index in [1.807, 2.05) is 24.2 Å². The molecular formula is C19H24N4OS. The van der Waals surface area contributed by atoms with E-state index in [-0.39, 0.29) is 5.41 Å². The third kappa shape index (κ3) is 3.46. The second-order valence-corrected chi connectivity index (χ2v) is 8.31. The van der Waals surface area contributed by atoms with Crippen molar-refractivity contribution in [1.29, 1.82) is 0 Å². The second kappa shape index (κ2) is 6.84. The Labute approximate surface area is 152 Å². The zero-order valence-corrected chi connectivity index (χ0v) is 15.5. The molecule has 2 aliphatic heterocycles. The summed E-state index contributed by atoms with van der Waals surface area (Å²) in [6, 6.07) is 4.14. The highest BCUT2D eigenvalue weighted by molar-refractivity contribution is 7.09. The molecule has 25 heavy (non-hydrogen) atoms. The van der Waals surface area contributed by atoms with Crippen molar-refractivity contribution in [3.8, 4) is 0 Å². The first-order valence-corrected chi connectivity index (χ1v) is 9.84. The Bertz CT molecular complexity index is 737. The molecule has 0 aliphatic carbocycles. The van der Waals surface area contributed by atoms with Crippen LogP contribution < -0.4 is 0 Å². The van der Waals surface area contributed by atoms with Crippen molar-refractivity contribution < 1.29 is 4.79 Å². The number of pyridine rings is 1. The first-order chi connectivity index (χ1) is 12.1. The summed E-state index contributed by atoms with van der Waals surface area (Å²) in [5.41, 5.74) is 2.20. The lowest BCUT2D eigenvalue weighted by Crippen LogP contribution is -2.44. The topological polar surface area (TPSA) is 49.3 Å². The summed E-state index contributed by atoms with van der Waals surface area (Å²) in [4.78, 5) is 26.1. The lowest BCUT2D eigenvalue weighted by Gasteiger charge is -2.38. The van der Waals surface area contributed by atoms with E-state index in [2.05, 4.69) is 32.4 Å². The van der Waals surface area contributed by atoms with Gasteiger partial charge in [-0.05, 0) is 57.0 Å². The standard InChI is InChI=1S/C19H24N4OS/c1-15-21-17(14-25-15)13-23-11-6-19(18(23)24)4-9-22(10-5-19)12-16-2-7-20-8-3-16/h2-3,7-8,14H,4-6,9-13H2,1H3. The number of carbonyl (C=O) groups excluding carboxylic acids is 1. The summed E-state index contributed by atoms with van der Waals surface area (Å²) in [6.07, 6.45) is 6.64. The third-order valence-electron chi connectivity index (χ3n) is 5.59. The van der Waals surface area contributed by atoms with Crippen LogP contribution in [0.5, 0.6) is 0 Å². The molecule has 2 saturated heterocycles. The van der Waals surface area contributed by atoms with Gasteiger partial charge in [-0.25, -0.2) is 4.98 Å². The predicted octanol–water partition coefficient (Wildman–Crippen LogP) is 2.86. The number of hydrogen-bond donors (Lipinski definition) is 0. The number of likely N-dealkylation sites (tertiary alicyclic amines) is 2. The maximum Gasteiger partial charge on any atom is 0.229 e. The summed E-state index contributed by atoms with van der Waals surface area (Å²) < 4.78 is 0. The Morgan fingerprint density at radius 2 is 1.84 bits per heavy atom. The lowest BCUT2D eigenvalue weighted by atomic mass is 9.77. The van der Waals surface area contributed by atoms with Crippen LogP contribution in [0.15, 0.2) is 29.9 Å². The molecule has 132 valence electrons. The zero-order valence-electron chi connectivity index (χ0n) is 14.6. The molecule has 0 radical (unpaired) electrons. The Morgan fingerprint density at radius 1 is 1.12 bits per heavy atom. The van der Waals surface area contributed by atoms with Gasteiger partial charge in [0.2, 0.25) is 5.91 Å². The van der Waals surface area contributed by atoms with Crippen LogP contribution in [0.1, 0.15) is 35.5 Å². The average molecular weight is 356 g/mol. The quantitative estimate of drug-likeness (QED) is 0.845. The van der Waals surface area contributed by atoms with Crippen molar-refractivity contribution in [3.63, 3.8) is 0 Å². The summed E-state index contributed by atoms with van der Waals surface area (Å²) in [6.45, 7) is 6.51. The minimum Gasteiger partial charge on any atom is -0.336 e. The fourth-order valence-electron chi connectivity index (χ4n) is 4.07. The number of thiazole rings is 1. The molecule has 0 N–H and O–H groups in total. The smallest absolute Gasteiger partial charge is 0.229 e. The molecule has 1 amide bonds. The van der Waals surface area contributed by atoms with Gasteiger partial charge in [-0.15, -0.1) is 11.3 Å². The van der Waals surface area contributed by atoms with Gasteiger partial charge in [0.25, 0.3) is 0 Å². The molecule has 2 aliphatic rings. The summed E-state index contributed by atoms with van der Waals surface area (Å²) in [5.74, 6) is 0.349. The van der Waals surface area contributed by atoms with Crippen molar-refractivity contribution in [2.75, 3.05) is 19.6 Å². The van der Waals surface area contributed by atoms with Crippen LogP contribution in [0.4, 0.5) is 0 Å². The van der Waals surface area contributed by atoms with Gasteiger partial charge in [-0.2, -0.15) is 0 Å². The van der Waals surface area contributed by atoms with Gasteiger partial charge in [0, 0.05) is 30.9 Å². The molecule has 0 saturated carbocycles. The van der Waals surface area contributed by atoms with Crippen LogP contribution in [0.3, 0.4) is 0 Å². The minimum absolute atomic E-state index is 0.125. The maximum atomic E-state index is 13.0. The van der Waals surface area contributed by atoms with Crippen LogP contribution in [-0.2, 0) is 17.9 Å². The largest absolute Gasteiger partial charge is 0.336 e. The van der Waals surface area contributed by atoms with E-state index < -0.39 is 0 Å². The van der Waals surface area contributed by atoms with Crippen molar-refractivity contribution in [3.05, 3.63) is 46.2 Å². The molecule has 4 heterocycles. The third-order valence-corrected chi connectivity index (χ3v) is 6.41. The lowest BCUT2D eigenvalue weighted by molar-refractivity contribution is -0.139. The Kier molecular flexibility index (Phi) is 4.56. The highest BCUT2D eigenvalue weighted by Crippen LogP contribution is 2.42. The van der Waals surface area contributed by atoms with Crippen molar-refractivity contribution in [1.82, 2.24) is 19.8 Å². The van der Waals surface area contributed by atoms with Crippen molar-refractivity contribution in [2.24, 2.45) is 5.41 Å². The zero-order chi connectivity index (χ0) is 17.3. The van der Waals surface area contributed by atoms with Crippen molar-refractivity contribution >= 4 is 17.2 Å². The van der Waals surface area contributed by atoms with Crippen LogP contribution in [0.25, 0.3) is 0 Å². The van der Waals surface area contributed by atoms with E-state index in [0.717, 1.165) is 56.1 Å². The van der Waals surface area contributed by atoms with Gasteiger partial charge in [-0.3, -0.25) is 14.7 Å². The van der Waals surface area contributed by atoms with Gasteiger partial charge in [-0.1, -0.05) is 0 Å². The fourth-order valence-corrected chi connectivity index (χ4v) is 4.67. The SMILES string of the molecule is Cc1nc(CN2CCC3(CCN(Cc4ccncc4)CC3)C2=O)cs1. The first kappa shape index (κ1) is 16.7. The molecule has 4 rings (SSSR count). The number of nitrogens with zero attached hydrogens (tertiary/aromatic N) is 4. The van der Waals surface area contributed by atoms with Crippen LogP contribution >= 0.6 is 11.3 Å². The number of rotatable bonds is 4. The highest BCUT2D eigenvalue weighted by atomic mass is 32.1. The molecule has 0 bridgehead atoms. The van der Waals surface area contributed by atoms with Crippen molar-refractivity contribution in [2.45, 2.75) is 39.3 Å². The molecule has 6 heteroatoms. The van der Waals surface area contributed by atoms with E-state index in [1.54, 1.807) is 11.3 Å². The number of aromatic nitrogens is 2. The van der Waals surface area contributed by atoms with E-state index in [4.69, 9.17) is 0 Å². The molecule has 2 fully saturated rings. The molecule has 5 nitrogen and oxygen atoms in total. The Hall–Kier alpha value is -1.79. The predicted molar refractivity (Wildman–Crippen MR) is 98.1 cm³/mol. The van der Waals surface area contributed by atoms with Gasteiger partial charge >= 0.3 is 0 Å². The van der Waals surface area contributed by atoms with Gasteiger partial charge in [0.15, 0.2) is 0 Å². The van der Waals surface area contributed by atoms with Crippen LogP contribution in [-0.4, -0.2) is 45.3 Å². The number of piperidine rings is 1. The van der Waals surface area contributed by atoms with E-state index in [9.17, 15) is 4.79 Å². The maximum absolute atomic E-state index is 13.0. The minimum atomic E-state index is -0.125.